The van der Waals surface area contributed by atoms with Crippen LogP contribution in [-0.4, -0.2) is 77.3 Å². The minimum atomic E-state index is -2.07. The first-order chi connectivity index (χ1) is 19.8. The SMILES string of the molecule is CNCC(=O)N1CCN(c2cccc(C(C=C3CN(C(c4ccc(Cl)cc4)c4ccc(Cl)cc4)C3)S(=O)O)c2)CC1. The number of anilines is 1. The highest BCUT2D eigenvalue weighted by Crippen LogP contribution is 2.37. The lowest BCUT2D eigenvalue weighted by Gasteiger charge is -2.41. The van der Waals surface area contributed by atoms with Crippen LogP contribution in [0.4, 0.5) is 5.69 Å². The second-order valence-corrected chi connectivity index (χ2v) is 12.4. The van der Waals surface area contributed by atoms with Crippen LogP contribution in [0.25, 0.3) is 0 Å². The fourth-order valence-corrected chi connectivity index (χ4v) is 6.47. The molecular formula is C31H34Cl2N4O3S. The first kappa shape index (κ1) is 29.8. The number of likely N-dealkylation sites (N-methyl/N-ethyl adjacent to an activating group) is 1. The summed E-state index contributed by atoms with van der Waals surface area (Å²) in [6.07, 6.45) is 1.95. The monoisotopic (exact) mass is 612 g/mol. The second-order valence-electron chi connectivity index (χ2n) is 10.4. The number of piperazine rings is 1. The van der Waals surface area contributed by atoms with E-state index in [1.165, 1.54) is 0 Å². The third-order valence-electron chi connectivity index (χ3n) is 7.68. The highest BCUT2D eigenvalue weighted by Gasteiger charge is 2.32. The Bertz CT molecular complexity index is 1360. The van der Waals surface area contributed by atoms with Gasteiger partial charge in [0.25, 0.3) is 0 Å². The van der Waals surface area contributed by atoms with Gasteiger partial charge in [-0.05, 0) is 65.7 Å². The Labute approximate surface area is 254 Å². The third-order valence-corrected chi connectivity index (χ3v) is 9.02. The normalized spacial score (nSPS) is 17.3. The van der Waals surface area contributed by atoms with E-state index in [4.69, 9.17) is 23.2 Å². The Kier molecular flexibility index (Phi) is 9.80. The van der Waals surface area contributed by atoms with Crippen molar-refractivity contribution in [2.45, 2.75) is 11.3 Å². The summed E-state index contributed by atoms with van der Waals surface area (Å²) >= 11 is 10.2. The fourth-order valence-electron chi connectivity index (χ4n) is 5.53. The Morgan fingerprint density at radius 3 is 2.05 bits per heavy atom. The number of nitrogens with one attached hydrogen (secondary N) is 1. The highest BCUT2D eigenvalue weighted by molar-refractivity contribution is 7.79. The maximum Gasteiger partial charge on any atom is 0.236 e. The maximum atomic E-state index is 12.5. The summed E-state index contributed by atoms with van der Waals surface area (Å²) in [5, 5.41) is 3.66. The number of hydrogen-bond acceptors (Lipinski definition) is 5. The summed E-state index contributed by atoms with van der Waals surface area (Å²) in [6, 6.07) is 23.6. The highest BCUT2D eigenvalue weighted by atomic mass is 35.5. The zero-order valence-electron chi connectivity index (χ0n) is 22.9. The average Bonchev–Trinajstić information content (AvgIpc) is 2.96. The third kappa shape index (κ3) is 7.20. The molecule has 0 aliphatic carbocycles. The molecule has 2 atom stereocenters. The van der Waals surface area contributed by atoms with Crippen LogP contribution in [0.1, 0.15) is 28.0 Å². The van der Waals surface area contributed by atoms with E-state index in [-0.39, 0.29) is 11.9 Å². The predicted molar refractivity (Wildman–Crippen MR) is 167 cm³/mol. The summed E-state index contributed by atoms with van der Waals surface area (Å²) in [5.74, 6) is 0.104. The fraction of sp³-hybridized carbons (Fsp3) is 0.323. The summed E-state index contributed by atoms with van der Waals surface area (Å²) in [6.45, 7) is 4.46. The average molecular weight is 614 g/mol. The van der Waals surface area contributed by atoms with E-state index < -0.39 is 16.3 Å². The molecule has 5 rings (SSSR count). The molecule has 2 N–H and O–H groups in total. The number of rotatable bonds is 9. The zero-order valence-corrected chi connectivity index (χ0v) is 25.2. The van der Waals surface area contributed by atoms with E-state index in [2.05, 4.69) is 15.1 Å². The van der Waals surface area contributed by atoms with E-state index in [0.29, 0.717) is 42.8 Å². The number of hydrogen-bond donors (Lipinski definition) is 2. The van der Waals surface area contributed by atoms with Crippen molar-refractivity contribution in [1.29, 1.82) is 0 Å². The van der Waals surface area contributed by atoms with Crippen molar-refractivity contribution in [3.8, 4) is 0 Å². The molecule has 7 nitrogen and oxygen atoms in total. The summed E-state index contributed by atoms with van der Waals surface area (Å²) in [7, 11) is 1.77. The van der Waals surface area contributed by atoms with Gasteiger partial charge in [0, 0.05) is 55.0 Å². The molecule has 1 amide bonds. The standard InChI is InChI=1S/C31H34Cl2N4O3S/c1-34-19-30(38)36-15-13-35(14-16-36)28-4-2-3-25(18-28)29(41(39)40)17-22-20-37(21-22)31(23-5-9-26(32)10-6-23)24-7-11-27(33)12-8-24/h2-12,17-18,29,31,34H,13-16,19-21H2,1H3,(H,39,40). The number of halogens is 2. The maximum absolute atomic E-state index is 12.5. The number of benzene rings is 3. The molecule has 0 aromatic heterocycles. The largest absolute Gasteiger partial charge is 0.368 e. The van der Waals surface area contributed by atoms with Crippen LogP contribution < -0.4 is 10.2 Å². The number of nitrogens with zero attached hydrogens (tertiary/aromatic N) is 3. The van der Waals surface area contributed by atoms with Gasteiger partial charge in [0.05, 0.1) is 12.6 Å². The lowest BCUT2D eigenvalue weighted by molar-refractivity contribution is -0.130. The van der Waals surface area contributed by atoms with Crippen LogP contribution in [0.2, 0.25) is 10.0 Å². The van der Waals surface area contributed by atoms with E-state index in [1.807, 2.05) is 83.8 Å². The van der Waals surface area contributed by atoms with Gasteiger partial charge in [-0.15, -0.1) is 0 Å². The van der Waals surface area contributed by atoms with Crippen molar-refractivity contribution in [2.24, 2.45) is 0 Å². The molecule has 0 bridgehead atoms. The van der Waals surface area contributed by atoms with Gasteiger partial charge in [0.1, 0.15) is 5.25 Å². The molecule has 2 saturated heterocycles. The van der Waals surface area contributed by atoms with E-state index >= 15 is 0 Å². The van der Waals surface area contributed by atoms with Crippen LogP contribution in [0, 0.1) is 0 Å². The summed E-state index contributed by atoms with van der Waals surface area (Å²) < 4.78 is 22.8. The molecule has 2 fully saturated rings. The van der Waals surface area contributed by atoms with Crippen LogP contribution >= 0.6 is 23.2 Å². The number of amides is 1. The molecule has 0 radical (unpaired) electrons. The zero-order chi connectivity index (χ0) is 28.9. The van der Waals surface area contributed by atoms with Crippen LogP contribution in [0.3, 0.4) is 0 Å². The van der Waals surface area contributed by atoms with Gasteiger partial charge in [0.2, 0.25) is 5.91 Å². The van der Waals surface area contributed by atoms with Gasteiger partial charge in [-0.3, -0.25) is 9.69 Å². The van der Waals surface area contributed by atoms with E-state index in [1.54, 1.807) is 7.05 Å². The molecule has 2 aliphatic rings. The molecule has 2 heterocycles. The minimum absolute atomic E-state index is 0.0155. The van der Waals surface area contributed by atoms with E-state index in [9.17, 15) is 13.6 Å². The van der Waals surface area contributed by atoms with Crippen LogP contribution in [0.5, 0.6) is 0 Å². The molecule has 3 aromatic carbocycles. The van der Waals surface area contributed by atoms with Crippen molar-refractivity contribution in [2.75, 3.05) is 57.8 Å². The van der Waals surface area contributed by atoms with Crippen molar-refractivity contribution >= 4 is 45.9 Å². The lowest BCUT2D eigenvalue weighted by atomic mass is 9.92. The molecule has 41 heavy (non-hydrogen) atoms. The molecule has 2 aliphatic heterocycles. The molecule has 3 aromatic rings. The summed E-state index contributed by atoms with van der Waals surface area (Å²) in [4.78, 5) is 18.6. The van der Waals surface area contributed by atoms with Gasteiger partial charge in [0.15, 0.2) is 11.1 Å². The van der Waals surface area contributed by atoms with Gasteiger partial charge in [-0.2, -0.15) is 0 Å². The van der Waals surface area contributed by atoms with Crippen molar-refractivity contribution in [3.63, 3.8) is 0 Å². The smallest absolute Gasteiger partial charge is 0.236 e. The Hall–Kier alpha value is -2.72. The Balaban J connectivity index is 1.30. The van der Waals surface area contributed by atoms with E-state index in [0.717, 1.165) is 41.0 Å². The first-order valence-electron chi connectivity index (χ1n) is 13.6. The molecular weight excluding hydrogens is 579 g/mol. The Morgan fingerprint density at radius 1 is 0.927 bits per heavy atom. The topological polar surface area (TPSA) is 76.1 Å². The number of carbonyl (C=O) groups is 1. The van der Waals surface area contributed by atoms with Crippen molar-refractivity contribution in [3.05, 3.63) is 111 Å². The predicted octanol–water partition coefficient (Wildman–Crippen LogP) is 5.16. The second kappa shape index (κ2) is 13.5. The molecule has 0 saturated carbocycles. The summed E-state index contributed by atoms with van der Waals surface area (Å²) in [5.41, 5.74) is 5.16. The molecule has 216 valence electrons. The molecule has 10 heteroatoms. The molecule has 0 spiro atoms. The number of likely N-dealkylation sites (tertiary alicyclic amines) is 1. The Morgan fingerprint density at radius 2 is 1.51 bits per heavy atom. The molecule has 2 unspecified atom stereocenters. The van der Waals surface area contributed by atoms with Gasteiger partial charge >= 0.3 is 0 Å². The number of carbonyl (C=O) groups excluding carboxylic acids is 1. The first-order valence-corrected chi connectivity index (χ1v) is 15.6. The van der Waals surface area contributed by atoms with Gasteiger partial charge in [-0.1, -0.05) is 65.7 Å². The van der Waals surface area contributed by atoms with Crippen molar-refractivity contribution in [1.82, 2.24) is 15.1 Å². The quantitative estimate of drug-likeness (QED) is 0.257. The van der Waals surface area contributed by atoms with Gasteiger partial charge < -0.3 is 19.7 Å². The van der Waals surface area contributed by atoms with Crippen LogP contribution in [-0.2, 0) is 15.9 Å². The van der Waals surface area contributed by atoms with Crippen molar-refractivity contribution < 1.29 is 13.6 Å². The van der Waals surface area contributed by atoms with Crippen LogP contribution in [0.15, 0.2) is 84.4 Å². The minimum Gasteiger partial charge on any atom is -0.368 e. The lowest BCUT2D eigenvalue weighted by Crippen LogP contribution is -2.50. The van der Waals surface area contributed by atoms with Gasteiger partial charge in [-0.25, -0.2) is 4.21 Å².